The Morgan fingerprint density at radius 1 is 1.15 bits per heavy atom. The van der Waals surface area contributed by atoms with Gasteiger partial charge in [0.2, 0.25) is 15.9 Å². The van der Waals surface area contributed by atoms with Crippen LogP contribution < -0.4 is 5.32 Å². The molecule has 140 valence electrons. The van der Waals surface area contributed by atoms with Gasteiger partial charge in [0.25, 0.3) is 0 Å². The number of aryl methyl sites for hydroxylation is 1. The van der Waals surface area contributed by atoms with Crippen LogP contribution >= 0.6 is 11.6 Å². The highest BCUT2D eigenvalue weighted by molar-refractivity contribution is 7.88. The zero-order valence-electron chi connectivity index (χ0n) is 15.1. The molecule has 0 aliphatic rings. The van der Waals surface area contributed by atoms with E-state index in [1.807, 2.05) is 38.1 Å². The van der Waals surface area contributed by atoms with Gasteiger partial charge in [0.15, 0.2) is 0 Å². The molecule has 0 saturated heterocycles. The molecule has 1 amide bonds. The summed E-state index contributed by atoms with van der Waals surface area (Å²) >= 11 is 6.11. The molecule has 0 aliphatic carbocycles. The molecule has 26 heavy (non-hydrogen) atoms. The first-order valence-electron chi connectivity index (χ1n) is 8.21. The first-order valence-corrected chi connectivity index (χ1v) is 10.4. The number of nitrogens with one attached hydrogen (secondary N) is 1. The average Bonchev–Trinajstić information content (AvgIpc) is 2.55. The Kier molecular flexibility index (Phi) is 6.81. The van der Waals surface area contributed by atoms with Gasteiger partial charge in [0, 0.05) is 11.6 Å². The molecule has 7 heteroatoms. The lowest BCUT2D eigenvalue weighted by atomic mass is 10.1. The highest BCUT2D eigenvalue weighted by Gasteiger charge is 2.22. The summed E-state index contributed by atoms with van der Waals surface area (Å²) in [6.45, 7) is 3.64. The van der Waals surface area contributed by atoms with Crippen LogP contribution in [0.5, 0.6) is 0 Å². The van der Waals surface area contributed by atoms with Crippen LogP contribution in [0.2, 0.25) is 5.02 Å². The van der Waals surface area contributed by atoms with Gasteiger partial charge in [-0.1, -0.05) is 59.6 Å². The summed E-state index contributed by atoms with van der Waals surface area (Å²) in [5.41, 5.74) is 2.75. The first-order chi connectivity index (χ1) is 12.2. The van der Waals surface area contributed by atoms with Gasteiger partial charge < -0.3 is 5.32 Å². The Balaban J connectivity index is 2.07. The standard InChI is InChI=1S/C19H23ClN2O3S/c1-14-8-10-16(11-9-14)15(2)21-19(23)13-22(26(3,24)25)12-17-6-4-5-7-18(17)20/h4-11,15H,12-13H2,1-3H3,(H,21,23)/t15-/m1/s1. The molecule has 0 unspecified atom stereocenters. The second kappa shape index (κ2) is 8.66. The molecule has 0 saturated carbocycles. The van der Waals surface area contributed by atoms with E-state index in [-0.39, 0.29) is 25.0 Å². The van der Waals surface area contributed by atoms with Gasteiger partial charge in [-0.25, -0.2) is 8.42 Å². The van der Waals surface area contributed by atoms with Crippen molar-refractivity contribution in [2.45, 2.75) is 26.4 Å². The van der Waals surface area contributed by atoms with Gasteiger partial charge in [-0.05, 0) is 31.0 Å². The summed E-state index contributed by atoms with van der Waals surface area (Å²) in [6, 6.07) is 14.6. The molecular formula is C19H23ClN2O3S. The summed E-state index contributed by atoms with van der Waals surface area (Å²) in [5.74, 6) is -0.365. The highest BCUT2D eigenvalue weighted by Crippen LogP contribution is 2.18. The monoisotopic (exact) mass is 394 g/mol. The fourth-order valence-electron chi connectivity index (χ4n) is 2.49. The third kappa shape index (κ3) is 5.83. The molecule has 0 spiro atoms. The van der Waals surface area contributed by atoms with E-state index in [4.69, 9.17) is 11.6 Å². The summed E-state index contributed by atoms with van der Waals surface area (Å²) < 4.78 is 25.3. The average molecular weight is 395 g/mol. The third-order valence-corrected chi connectivity index (χ3v) is 5.61. The first kappa shape index (κ1) is 20.4. The molecule has 0 fully saturated rings. The van der Waals surface area contributed by atoms with Crippen molar-refractivity contribution in [3.05, 3.63) is 70.2 Å². The molecule has 2 aromatic carbocycles. The SMILES string of the molecule is Cc1ccc([C@@H](C)NC(=O)CN(Cc2ccccc2Cl)S(C)(=O)=O)cc1. The minimum Gasteiger partial charge on any atom is -0.348 e. The normalized spacial score (nSPS) is 12.8. The number of carbonyl (C=O) groups excluding carboxylic acids is 1. The summed E-state index contributed by atoms with van der Waals surface area (Å²) in [6.07, 6.45) is 1.08. The Labute approximate surface area is 160 Å². The maximum absolute atomic E-state index is 12.4. The third-order valence-electron chi connectivity index (χ3n) is 4.05. The molecule has 0 aliphatic heterocycles. The molecule has 5 nitrogen and oxygen atoms in total. The number of hydrogen-bond donors (Lipinski definition) is 1. The minimum absolute atomic E-state index is 0.0465. The maximum Gasteiger partial charge on any atom is 0.235 e. The number of halogens is 1. The van der Waals surface area contributed by atoms with Crippen LogP contribution in [0.1, 0.15) is 29.7 Å². The molecular weight excluding hydrogens is 372 g/mol. The van der Waals surface area contributed by atoms with Crippen LogP contribution in [-0.2, 0) is 21.4 Å². The van der Waals surface area contributed by atoms with E-state index in [1.54, 1.807) is 24.3 Å². The molecule has 0 heterocycles. The second-order valence-electron chi connectivity index (χ2n) is 6.32. The Morgan fingerprint density at radius 2 is 1.77 bits per heavy atom. The number of rotatable bonds is 7. The molecule has 2 rings (SSSR count). The van der Waals surface area contributed by atoms with Crippen molar-refractivity contribution in [2.24, 2.45) is 0 Å². The van der Waals surface area contributed by atoms with Crippen molar-refractivity contribution in [2.75, 3.05) is 12.8 Å². The molecule has 2 aromatic rings. The van der Waals surface area contributed by atoms with Gasteiger partial charge in [0.05, 0.1) is 18.8 Å². The van der Waals surface area contributed by atoms with Crippen molar-refractivity contribution in [1.82, 2.24) is 9.62 Å². The zero-order valence-corrected chi connectivity index (χ0v) is 16.6. The zero-order chi connectivity index (χ0) is 19.3. The maximum atomic E-state index is 12.4. The lowest BCUT2D eigenvalue weighted by Crippen LogP contribution is -2.40. The predicted octanol–water partition coefficient (Wildman–Crippen LogP) is 3.29. The van der Waals surface area contributed by atoms with Gasteiger partial charge >= 0.3 is 0 Å². The Bertz CT molecular complexity index is 867. The van der Waals surface area contributed by atoms with E-state index < -0.39 is 10.0 Å². The van der Waals surface area contributed by atoms with Crippen molar-refractivity contribution in [1.29, 1.82) is 0 Å². The second-order valence-corrected chi connectivity index (χ2v) is 8.71. The lowest BCUT2D eigenvalue weighted by molar-refractivity contribution is -0.122. The van der Waals surface area contributed by atoms with Crippen molar-refractivity contribution in [3.8, 4) is 0 Å². The van der Waals surface area contributed by atoms with Gasteiger partial charge in [-0.15, -0.1) is 0 Å². The van der Waals surface area contributed by atoms with Gasteiger partial charge in [0.1, 0.15) is 0 Å². The van der Waals surface area contributed by atoms with Crippen LogP contribution in [0.3, 0.4) is 0 Å². The number of amides is 1. The summed E-state index contributed by atoms with van der Waals surface area (Å²) in [5, 5.41) is 3.31. The molecule has 1 atom stereocenters. The fourth-order valence-corrected chi connectivity index (χ4v) is 3.41. The quantitative estimate of drug-likeness (QED) is 0.783. The summed E-state index contributed by atoms with van der Waals surface area (Å²) in [4.78, 5) is 12.4. The van der Waals surface area contributed by atoms with Crippen molar-refractivity contribution in [3.63, 3.8) is 0 Å². The Hall–Kier alpha value is -1.89. The molecule has 0 radical (unpaired) electrons. The molecule has 0 aromatic heterocycles. The van der Waals surface area contributed by atoms with E-state index in [0.717, 1.165) is 21.7 Å². The van der Waals surface area contributed by atoms with Crippen LogP contribution in [-0.4, -0.2) is 31.4 Å². The van der Waals surface area contributed by atoms with Crippen LogP contribution in [0.25, 0.3) is 0 Å². The van der Waals surface area contributed by atoms with Crippen LogP contribution in [0.4, 0.5) is 0 Å². The molecule has 1 N–H and O–H groups in total. The van der Waals surface area contributed by atoms with E-state index in [9.17, 15) is 13.2 Å². The van der Waals surface area contributed by atoms with Crippen LogP contribution in [0, 0.1) is 6.92 Å². The van der Waals surface area contributed by atoms with E-state index in [1.165, 1.54) is 0 Å². The number of hydrogen-bond acceptors (Lipinski definition) is 3. The van der Waals surface area contributed by atoms with E-state index >= 15 is 0 Å². The van der Waals surface area contributed by atoms with E-state index in [0.29, 0.717) is 10.6 Å². The Morgan fingerprint density at radius 3 is 2.35 bits per heavy atom. The van der Waals surface area contributed by atoms with Gasteiger partial charge in [-0.3, -0.25) is 4.79 Å². The highest BCUT2D eigenvalue weighted by atomic mass is 35.5. The van der Waals surface area contributed by atoms with Crippen molar-refractivity contribution < 1.29 is 13.2 Å². The van der Waals surface area contributed by atoms with E-state index in [2.05, 4.69) is 5.32 Å². The van der Waals surface area contributed by atoms with Crippen LogP contribution in [0.15, 0.2) is 48.5 Å². The number of nitrogens with zero attached hydrogens (tertiary/aromatic N) is 1. The number of sulfonamides is 1. The predicted molar refractivity (Wildman–Crippen MR) is 104 cm³/mol. The smallest absolute Gasteiger partial charge is 0.235 e. The number of carbonyl (C=O) groups is 1. The lowest BCUT2D eigenvalue weighted by Gasteiger charge is -2.22. The van der Waals surface area contributed by atoms with Gasteiger partial charge in [-0.2, -0.15) is 4.31 Å². The minimum atomic E-state index is -3.57. The number of benzene rings is 2. The molecule has 0 bridgehead atoms. The van der Waals surface area contributed by atoms with Crippen molar-refractivity contribution >= 4 is 27.5 Å². The summed E-state index contributed by atoms with van der Waals surface area (Å²) in [7, 11) is -3.57. The topological polar surface area (TPSA) is 66.5 Å². The largest absolute Gasteiger partial charge is 0.348 e. The fraction of sp³-hybridized carbons (Fsp3) is 0.316.